The first kappa shape index (κ1) is 16.6. The van der Waals surface area contributed by atoms with E-state index in [0.29, 0.717) is 18.1 Å². The van der Waals surface area contributed by atoms with Gasteiger partial charge in [0.25, 0.3) is 5.91 Å². The fourth-order valence-electron chi connectivity index (χ4n) is 3.35. The summed E-state index contributed by atoms with van der Waals surface area (Å²) in [5.74, 6) is 0.813. The zero-order valence-corrected chi connectivity index (χ0v) is 14.4. The lowest BCUT2D eigenvalue weighted by molar-refractivity contribution is 0.0694. The average molecular weight is 329 g/mol. The van der Waals surface area contributed by atoms with E-state index < -0.39 is 0 Å². The first-order valence-corrected chi connectivity index (χ1v) is 8.22. The second kappa shape index (κ2) is 6.68. The first-order chi connectivity index (χ1) is 11.5. The summed E-state index contributed by atoms with van der Waals surface area (Å²) in [6.07, 6.45) is 3.56. The summed E-state index contributed by atoms with van der Waals surface area (Å²) in [4.78, 5) is 23.4. The van der Waals surface area contributed by atoms with Crippen LogP contribution in [0.5, 0.6) is 0 Å². The van der Waals surface area contributed by atoms with Gasteiger partial charge in [0.2, 0.25) is 0 Å². The second-order valence-corrected chi connectivity index (χ2v) is 6.37. The van der Waals surface area contributed by atoms with Gasteiger partial charge in [0.05, 0.1) is 18.0 Å². The van der Waals surface area contributed by atoms with Crippen molar-refractivity contribution in [3.05, 3.63) is 40.7 Å². The molecule has 0 spiro atoms. The van der Waals surface area contributed by atoms with Crippen LogP contribution in [-0.4, -0.2) is 48.8 Å². The summed E-state index contributed by atoms with van der Waals surface area (Å²) in [7, 11) is 1.79. The number of amides is 1. The van der Waals surface area contributed by atoms with Crippen molar-refractivity contribution in [3.8, 4) is 0 Å². The van der Waals surface area contributed by atoms with Crippen LogP contribution in [-0.2, 0) is 13.7 Å². The van der Waals surface area contributed by atoms with E-state index in [4.69, 9.17) is 0 Å². The number of hydrogen-bond donors (Lipinski definition) is 1. The zero-order chi connectivity index (χ0) is 17.3. The number of rotatable bonds is 3. The minimum Gasteiger partial charge on any atom is -0.392 e. The number of aliphatic hydroxyl groups is 1. The quantitative estimate of drug-likeness (QED) is 0.918. The van der Waals surface area contributed by atoms with E-state index in [0.717, 1.165) is 36.3 Å². The summed E-state index contributed by atoms with van der Waals surface area (Å²) < 4.78 is 1.63. The molecule has 3 heterocycles. The molecule has 0 aliphatic carbocycles. The Kier molecular flexibility index (Phi) is 4.62. The molecule has 7 nitrogen and oxygen atoms in total. The Balaban J connectivity index is 1.83. The van der Waals surface area contributed by atoms with Crippen LogP contribution < -0.4 is 0 Å². The van der Waals surface area contributed by atoms with Gasteiger partial charge >= 0.3 is 0 Å². The molecule has 3 rings (SSSR count). The van der Waals surface area contributed by atoms with Crippen molar-refractivity contribution >= 4 is 5.91 Å². The molecule has 2 aromatic rings. The van der Waals surface area contributed by atoms with Gasteiger partial charge in [0.15, 0.2) is 0 Å². The average Bonchev–Trinajstić information content (AvgIpc) is 2.92. The molecule has 1 aliphatic rings. The maximum Gasteiger partial charge on any atom is 0.272 e. The maximum absolute atomic E-state index is 12.8. The molecular formula is C17H23N5O2. The van der Waals surface area contributed by atoms with E-state index in [9.17, 15) is 9.90 Å². The van der Waals surface area contributed by atoms with Crippen LogP contribution in [0.15, 0.2) is 12.3 Å². The van der Waals surface area contributed by atoms with E-state index in [1.807, 2.05) is 24.8 Å². The van der Waals surface area contributed by atoms with Crippen LogP contribution in [0, 0.1) is 13.8 Å². The smallest absolute Gasteiger partial charge is 0.272 e. The predicted octanol–water partition coefficient (Wildman–Crippen LogP) is 1.34. The largest absolute Gasteiger partial charge is 0.392 e. The van der Waals surface area contributed by atoms with Gasteiger partial charge in [-0.05, 0) is 32.8 Å². The van der Waals surface area contributed by atoms with Crippen LogP contribution in [0.2, 0.25) is 0 Å². The Bertz CT molecular complexity index is 755. The summed E-state index contributed by atoms with van der Waals surface area (Å²) >= 11 is 0. The number of carbonyl (C=O) groups excluding carboxylic acids is 1. The molecule has 1 atom stereocenters. The minimum absolute atomic E-state index is 0.000809. The maximum atomic E-state index is 12.8. The molecule has 1 unspecified atom stereocenters. The third kappa shape index (κ3) is 3.17. The highest BCUT2D eigenvalue weighted by Crippen LogP contribution is 2.28. The van der Waals surface area contributed by atoms with E-state index in [1.165, 1.54) is 0 Å². The summed E-state index contributed by atoms with van der Waals surface area (Å²) in [5, 5.41) is 13.8. The fraction of sp³-hybridized carbons (Fsp3) is 0.529. The Morgan fingerprint density at radius 3 is 2.88 bits per heavy atom. The number of aryl methyl sites for hydroxylation is 3. The Labute approximate surface area is 141 Å². The molecule has 1 aliphatic heterocycles. The Hall–Kier alpha value is -2.28. The summed E-state index contributed by atoms with van der Waals surface area (Å²) in [6.45, 7) is 4.98. The third-order valence-electron chi connectivity index (χ3n) is 4.51. The van der Waals surface area contributed by atoms with E-state index in [2.05, 4.69) is 15.1 Å². The van der Waals surface area contributed by atoms with Gasteiger partial charge < -0.3 is 10.0 Å². The number of hydrogen-bond acceptors (Lipinski definition) is 5. The van der Waals surface area contributed by atoms with Crippen molar-refractivity contribution in [1.29, 1.82) is 0 Å². The normalized spacial score (nSPS) is 18.0. The lowest BCUT2D eigenvalue weighted by Crippen LogP contribution is -2.40. The number of nitrogens with zero attached hydrogens (tertiary/aromatic N) is 5. The minimum atomic E-state index is -0.0824. The van der Waals surface area contributed by atoms with Gasteiger partial charge in [-0.3, -0.25) is 9.48 Å². The highest BCUT2D eigenvalue weighted by Gasteiger charge is 2.29. The van der Waals surface area contributed by atoms with Crippen molar-refractivity contribution in [2.75, 3.05) is 13.1 Å². The number of aromatic nitrogens is 4. The van der Waals surface area contributed by atoms with Crippen molar-refractivity contribution in [1.82, 2.24) is 24.6 Å². The fourth-order valence-corrected chi connectivity index (χ4v) is 3.35. The molecule has 1 saturated heterocycles. The Morgan fingerprint density at radius 2 is 2.21 bits per heavy atom. The van der Waals surface area contributed by atoms with Crippen molar-refractivity contribution < 1.29 is 9.90 Å². The molecule has 24 heavy (non-hydrogen) atoms. The molecule has 0 bridgehead atoms. The molecule has 1 N–H and O–H groups in total. The monoisotopic (exact) mass is 329 g/mol. The van der Waals surface area contributed by atoms with Gasteiger partial charge in [-0.25, -0.2) is 9.97 Å². The lowest BCUT2D eigenvalue weighted by Gasteiger charge is -2.33. The number of carbonyl (C=O) groups is 1. The molecule has 128 valence electrons. The standard InChI is InChI=1S/C17H23N5O2/c1-11-7-15(21(3)20-11)17(24)22-6-4-5-13(9-22)16-14(10-23)8-18-12(2)19-16/h7-8,13,23H,4-6,9-10H2,1-3H3. The van der Waals surface area contributed by atoms with Gasteiger partial charge in [-0.2, -0.15) is 5.10 Å². The van der Waals surface area contributed by atoms with Gasteiger partial charge in [0, 0.05) is 37.8 Å². The topological polar surface area (TPSA) is 84.1 Å². The lowest BCUT2D eigenvalue weighted by atomic mass is 9.92. The van der Waals surface area contributed by atoms with Gasteiger partial charge in [-0.15, -0.1) is 0 Å². The molecule has 0 aromatic carbocycles. The van der Waals surface area contributed by atoms with Crippen LogP contribution in [0.4, 0.5) is 0 Å². The van der Waals surface area contributed by atoms with Crippen LogP contribution in [0.1, 0.15) is 52.0 Å². The molecule has 7 heteroatoms. The van der Waals surface area contributed by atoms with E-state index in [1.54, 1.807) is 17.9 Å². The molecule has 1 amide bonds. The third-order valence-corrected chi connectivity index (χ3v) is 4.51. The molecule has 1 fully saturated rings. The summed E-state index contributed by atoms with van der Waals surface area (Å²) in [5.41, 5.74) is 3.05. The van der Waals surface area contributed by atoms with Gasteiger partial charge in [-0.1, -0.05) is 0 Å². The number of piperidine rings is 1. The molecule has 2 aromatic heterocycles. The second-order valence-electron chi connectivity index (χ2n) is 6.37. The van der Waals surface area contributed by atoms with Crippen LogP contribution >= 0.6 is 0 Å². The number of likely N-dealkylation sites (tertiary alicyclic amines) is 1. The van der Waals surface area contributed by atoms with Crippen molar-refractivity contribution in [2.45, 2.75) is 39.2 Å². The zero-order valence-electron chi connectivity index (χ0n) is 14.4. The van der Waals surface area contributed by atoms with Crippen molar-refractivity contribution in [3.63, 3.8) is 0 Å². The highest BCUT2D eigenvalue weighted by atomic mass is 16.3. The van der Waals surface area contributed by atoms with E-state index in [-0.39, 0.29) is 18.4 Å². The van der Waals surface area contributed by atoms with Crippen molar-refractivity contribution in [2.24, 2.45) is 7.05 Å². The Morgan fingerprint density at radius 1 is 1.42 bits per heavy atom. The van der Waals surface area contributed by atoms with Crippen LogP contribution in [0.25, 0.3) is 0 Å². The molecule has 0 saturated carbocycles. The van der Waals surface area contributed by atoms with Gasteiger partial charge in [0.1, 0.15) is 11.5 Å². The van der Waals surface area contributed by atoms with Crippen LogP contribution in [0.3, 0.4) is 0 Å². The predicted molar refractivity (Wildman–Crippen MR) is 88.5 cm³/mol. The summed E-state index contributed by atoms with van der Waals surface area (Å²) in [6, 6.07) is 1.82. The number of aliphatic hydroxyl groups excluding tert-OH is 1. The van der Waals surface area contributed by atoms with E-state index >= 15 is 0 Å². The SMILES string of the molecule is Cc1cc(C(=O)N2CCCC(c3nc(C)ncc3CO)C2)n(C)n1. The first-order valence-electron chi connectivity index (χ1n) is 8.22. The molecular weight excluding hydrogens is 306 g/mol. The highest BCUT2D eigenvalue weighted by molar-refractivity contribution is 5.92. The molecule has 0 radical (unpaired) electrons.